The lowest BCUT2D eigenvalue weighted by Crippen LogP contribution is -2.54. The fourth-order valence-corrected chi connectivity index (χ4v) is 14.9. The van der Waals surface area contributed by atoms with Crippen molar-refractivity contribution < 1.29 is 86.9 Å². The highest BCUT2D eigenvalue weighted by Crippen LogP contribution is 2.50. The van der Waals surface area contributed by atoms with Crippen molar-refractivity contribution in [3.63, 3.8) is 0 Å². The number of amides is 9. The summed E-state index contributed by atoms with van der Waals surface area (Å²) in [6.07, 6.45) is 8.23. The molecule has 11 N–H and O–H groups in total. The van der Waals surface area contributed by atoms with Crippen LogP contribution < -0.4 is 52.7 Å². The fourth-order valence-electron chi connectivity index (χ4n) is 13.8. The fraction of sp³-hybridized carbons (Fsp3) is 0.481. The molecule has 107 heavy (non-hydrogen) atoms. The van der Waals surface area contributed by atoms with Gasteiger partial charge in [-0.25, -0.2) is 14.6 Å². The average molecular weight is 1500 g/mol. The number of rotatable bonds is 22. The number of aliphatic hydroxyl groups is 2. The highest BCUT2D eigenvalue weighted by Gasteiger charge is 2.50. The number of imide groups is 1. The number of urea groups is 1. The summed E-state index contributed by atoms with van der Waals surface area (Å²) in [5, 5.41) is 52.1. The molecule has 5 heterocycles. The predicted molar refractivity (Wildman–Crippen MR) is 401 cm³/mol. The Morgan fingerprint density at radius 1 is 0.860 bits per heavy atom. The normalized spacial score (nSPS) is 23.9. The molecule has 4 bridgehead atoms. The van der Waals surface area contributed by atoms with Gasteiger partial charge >= 0.3 is 23.9 Å². The van der Waals surface area contributed by atoms with Crippen molar-refractivity contribution in [3.05, 3.63) is 118 Å². The summed E-state index contributed by atoms with van der Waals surface area (Å²) in [7, 11) is 1.43. The van der Waals surface area contributed by atoms with Gasteiger partial charge in [0.05, 0.1) is 56.0 Å². The van der Waals surface area contributed by atoms with Crippen molar-refractivity contribution in [3.8, 4) is 11.5 Å². The van der Waals surface area contributed by atoms with E-state index >= 15 is 4.79 Å². The zero-order valence-electron chi connectivity index (χ0n) is 61.9. The molecule has 1 saturated heterocycles. The van der Waals surface area contributed by atoms with Gasteiger partial charge in [0.2, 0.25) is 17.7 Å². The number of unbranched alkanes of at least 4 members (excludes halogenated alkanes) is 2. The second kappa shape index (κ2) is 35.4. The van der Waals surface area contributed by atoms with Crippen molar-refractivity contribution in [1.82, 2.24) is 31.2 Å². The van der Waals surface area contributed by atoms with E-state index in [9.17, 15) is 63.3 Å². The number of piperidine rings is 1. The molecule has 1 aromatic heterocycles. The van der Waals surface area contributed by atoms with Crippen molar-refractivity contribution in [2.75, 3.05) is 48.8 Å². The lowest BCUT2D eigenvalue weighted by Gasteiger charge is -2.38. The lowest BCUT2D eigenvalue weighted by molar-refractivity contribution is -0.160. The van der Waals surface area contributed by atoms with Gasteiger partial charge in [-0.15, -0.1) is 11.3 Å². The van der Waals surface area contributed by atoms with E-state index in [1.807, 2.05) is 12.1 Å². The van der Waals surface area contributed by atoms with E-state index in [2.05, 4.69) is 36.8 Å². The number of fused-ring (bicyclic) bond motifs is 2. The van der Waals surface area contributed by atoms with Crippen LogP contribution >= 0.6 is 11.3 Å². The smallest absolute Gasteiger partial charge is 0.407 e. The molecule has 0 saturated carbocycles. The summed E-state index contributed by atoms with van der Waals surface area (Å²) in [4.78, 5) is 154. The maximum absolute atomic E-state index is 15.1. The van der Waals surface area contributed by atoms with E-state index in [1.54, 1.807) is 91.0 Å². The quantitative estimate of drug-likeness (QED) is 0.00786. The number of aromatic hydroxyl groups is 1. The number of hydrogen-bond acceptors (Lipinski definition) is 22. The first kappa shape index (κ1) is 80.8. The first-order chi connectivity index (χ1) is 50.8. The summed E-state index contributed by atoms with van der Waals surface area (Å²) in [6.45, 7) is 17.3. The van der Waals surface area contributed by atoms with Crippen molar-refractivity contribution in [2.45, 2.75) is 176 Å². The zero-order valence-corrected chi connectivity index (χ0v) is 62.7. The number of allylic oxidation sites excluding steroid dienone is 2. The molecule has 9 rings (SSSR count). The van der Waals surface area contributed by atoms with Crippen LogP contribution in [0.1, 0.15) is 135 Å². The topological polar surface area (TPSA) is 412 Å². The second-order valence-corrected chi connectivity index (χ2v) is 29.4. The summed E-state index contributed by atoms with van der Waals surface area (Å²) in [6, 6.07) is 9.02. The van der Waals surface area contributed by atoms with Crippen LogP contribution in [0.4, 0.5) is 26.7 Å². The second-order valence-electron chi connectivity index (χ2n) is 28.3. The van der Waals surface area contributed by atoms with Gasteiger partial charge in [0, 0.05) is 123 Å². The molecule has 4 aliphatic heterocycles. The molecule has 4 aliphatic rings. The minimum Gasteiger partial charge on any atom is -0.505 e. The van der Waals surface area contributed by atoms with Crippen LogP contribution in [0.25, 0.3) is 31.2 Å². The standard InChI is InChI=1S/C77H96N10O19S/c1-39(2)61(84-55(89)20-13-12-14-33-87-56(90)27-28-57(87)91)74(99)83-52(19-16-32-79-75(78)100)73(98)80-48-23-21-47(22-24-48)38-103-76(101)81-49-29-34-86(35-30-49)50-25-26-51-54(37-50)107-70-62(82-51)58-59-66(94)45(8)69-60(58)71(96)77(10,106-69)104-36-31-53(102-11)42(5)68(105-46(9)88)44(7)65(93)43(6)64(92)40(3)17-15-18-41(4)72(97)85-63(70)67(59)95/h15,17-18,21-28,31,36-37,39-40,42-44,49,52-53,61,64-65,68,92-93,95H,12-14,16,19-20,29-30,32-35,38H2,1-11H3,(H,80,98)(H,81,101)(H,83,99)(H,84,89)(H,85,97)(H3,78,79,100)/b17-15+,36-31+,41-18-/t40-,42+,43+,44+,52-,53-,61-,64-,65+,68+,77-/m0/s1. The number of phenolic OH excluding ortho intramolecular Hbond substituents is 1. The minimum absolute atomic E-state index is 0.0263. The van der Waals surface area contributed by atoms with Crippen LogP contribution in [0.15, 0.2) is 95.6 Å². The number of carbonyl (C=O) groups excluding carboxylic acids is 10. The van der Waals surface area contributed by atoms with Gasteiger partial charge in [-0.05, 0) is 100 Å². The molecule has 4 aromatic carbocycles. The molecule has 0 radical (unpaired) electrons. The average Bonchev–Trinajstić information content (AvgIpc) is 1.65. The highest BCUT2D eigenvalue weighted by atomic mass is 32.1. The SMILES string of the molecule is CO[C@H]1/C=C/O[C@@]2(C)Oc3c(C)c(=O)c4c(O)c(c5sc6cc(N7CCC(NC(=O)OCc8ccc(NC(=O)[C@H](CCCNC(N)=O)NC(=O)[C@@H](NC(=O)CCCCCN9C(=O)C=CC9=O)C(C)C)cc8)CC7)ccc6nc5c4c3C2=O)NC(=O)/C(C)=C\C=C\[C@H](C)[C@H](O)[C@@H](C)[C@@H](O)[C@@H](C)[C@H](OC(C)=O)[C@@H]1C. The van der Waals surface area contributed by atoms with E-state index < -0.39 is 119 Å². The summed E-state index contributed by atoms with van der Waals surface area (Å²) < 4.78 is 30.6. The number of primary amides is 1. The van der Waals surface area contributed by atoms with Gasteiger partial charge < -0.3 is 81.5 Å². The van der Waals surface area contributed by atoms with Crippen molar-refractivity contribution in [2.24, 2.45) is 35.3 Å². The van der Waals surface area contributed by atoms with Crippen LogP contribution in [0.3, 0.4) is 0 Å². The zero-order chi connectivity index (χ0) is 77.9. The number of alkyl carbamates (subject to hydrolysis) is 1. The van der Waals surface area contributed by atoms with Crippen LogP contribution in [0, 0.1) is 36.5 Å². The number of carbonyl (C=O) groups is 10. The van der Waals surface area contributed by atoms with Gasteiger partial charge in [-0.2, -0.15) is 0 Å². The number of nitrogens with one attached hydrogen (secondary N) is 6. The summed E-state index contributed by atoms with van der Waals surface area (Å²) >= 11 is 1.16. The molecule has 11 atom stereocenters. The van der Waals surface area contributed by atoms with Crippen LogP contribution in [0.2, 0.25) is 0 Å². The molecule has 30 heteroatoms. The summed E-state index contributed by atoms with van der Waals surface area (Å²) in [5.74, 6) is -10.1. The Balaban J connectivity index is 0.872. The number of phenols is 1. The third-order valence-corrected chi connectivity index (χ3v) is 21.3. The predicted octanol–water partition coefficient (Wildman–Crippen LogP) is 7.86. The summed E-state index contributed by atoms with van der Waals surface area (Å²) in [5.41, 5.74) is 6.78. The van der Waals surface area contributed by atoms with Crippen LogP contribution in [-0.2, 0) is 59.1 Å². The Kier molecular flexibility index (Phi) is 26.7. The van der Waals surface area contributed by atoms with Crippen LogP contribution in [-0.4, -0.2) is 166 Å². The number of nitrogens with two attached hydrogens (primary N) is 1. The van der Waals surface area contributed by atoms with Crippen molar-refractivity contribution in [1.29, 1.82) is 0 Å². The Labute approximate surface area is 623 Å². The van der Waals surface area contributed by atoms with E-state index in [-0.39, 0.29) is 118 Å². The number of aliphatic hydroxyl groups excluding tert-OH is 2. The van der Waals surface area contributed by atoms with Gasteiger partial charge in [-0.3, -0.25) is 48.1 Å². The van der Waals surface area contributed by atoms with Gasteiger partial charge in [0.15, 0.2) is 11.2 Å². The molecule has 0 spiro atoms. The van der Waals surface area contributed by atoms with Gasteiger partial charge in [0.1, 0.15) is 36.2 Å². The van der Waals surface area contributed by atoms with Crippen molar-refractivity contribution >= 4 is 119 Å². The van der Waals surface area contributed by atoms with E-state index in [0.717, 1.165) is 21.9 Å². The van der Waals surface area contributed by atoms with Crippen LogP contribution in [0.5, 0.6) is 11.5 Å². The maximum Gasteiger partial charge on any atom is 0.407 e. The maximum atomic E-state index is 15.1. The number of benzene rings is 4. The number of ketones is 1. The first-order valence-electron chi connectivity index (χ1n) is 36.0. The number of aromatic nitrogens is 1. The third-order valence-electron chi connectivity index (χ3n) is 20.1. The Morgan fingerprint density at radius 3 is 2.22 bits per heavy atom. The molecule has 29 nitrogen and oxygen atoms in total. The number of nitrogens with zero attached hydrogens (tertiary/aromatic N) is 3. The number of anilines is 3. The number of hydrogen-bond donors (Lipinski definition) is 10. The monoisotopic (exact) mass is 1500 g/mol. The number of Topliss-reactive ketones (excluding diaryl/α,β-unsaturated/α-hetero) is 1. The molecule has 1 fully saturated rings. The van der Waals surface area contributed by atoms with E-state index in [4.69, 9.17) is 34.4 Å². The third kappa shape index (κ3) is 19.1. The molecular formula is C77H96N10O19S. The molecule has 9 amide bonds. The molecule has 574 valence electrons. The Morgan fingerprint density at radius 2 is 1.56 bits per heavy atom. The minimum atomic E-state index is -2.09. The number of ether oxygens (including phenoxy) is 5. The largest absolute Gasteiger partial charge is 0.505 e. The Bertz CT molecular complexity index is 4420. The van der Waals surface area contributed by atoms with Gasteiger partial charge in [0.25, 0.3) is 23.5 Å². The number of methoxy groups -OCH3 is 1. The molecule has 0 unspecified atom stereocenters. The van der Waals surface area contributed by atoms with E-state index in [0.29, 0.717) is 66.7 Å². The number of esters is 1. The first-order valence-corrected chi connectivity index (χ1v) is 36.8. The highest BCUT2D eigenvalue weighted by molar-refractivity contribution is 7.25. The van der Waals surface area contributed by atoms with Gasteiger partial charge in [-0.1, -0.05) is 78.3 Å². The molecule has 5 aromatic rings. The van der Waals surface area contributed by atoms with E-state index in [1.165, 1.54) is 58.4 Å². The Hall–Kier alpha value is -10.3. The lowest BCUT2D eigenvalue weighted by atomic mass is 9.78. The molecule has 0 aliphatic carbocycles. The molecular weight excluding hydrogens is 1400 g/mol.